The average molecular weight is 881 g/mol. The third kappa shape index (κ3) is 35.6. The van der Waals surface area contributed by atoms with Crippen LogP contribution in [0.15, 0.2) is 47.4 Å². The first-order valence-corrected chi connectivity index (χ1v) is 26.5. The first-order valence-electron chi connectivity index (χ1n) is 25.1. The fourth-order valence-electron chi connectivity index (χ4n) is 7.71. The van der Waals surface area contributed by atoms with Gasteiger partial charge in [-0.3, -0.25) is 0 Å². The van der Waals surface area contributed by atoms with E-state index in [1.165, 1.54) is 160 Å². The van der Waals surface area contributed by atoms with Gasteiger partial charge in [0.1, 0.15) is 10.1 Å². The third-order valence-electron chi connectivity index (χ3n) is 11.5. The molecule has 0 aliphatic rings. The van der Waals surface area contributed by atoms with Gasteiger partial charge in [0.15, 0.2) is 0 Å². The summed E-state index contributed by atoms with van der Waals surface area (Å²) >= 11 is 0. The van der Waals surface area contributed by atoms with Crippen LogP contribution in [-0.2, 0) is 19.6 Å². The first kappa shape index (κ1) is 59.5. The summed E-state index contributed by atoms with van der Waals surface area (Å²) in [5.41, 5.74) is -0.789. The standard InChI is InChI=1S/C52H90O7S.Na/c1-3-5-7-9-11-13-15-17-19-21-23-25-27-29-31-33-35-37-39-41-46-58-51(53)48-44-43-45-49(60(55,56)57)50(48)52(54)59-47-42-40-38-36-34-32-30-28-26-24-22-20-18-16-14-12-10-8-6-4-2;/h27-30,43-45H,3-26,31-42,46-47H2,1-2H3,(H,55,56,57);/q;+1/p-1/b29-27+,30-28+;. The molecule has 7 nitrogen and oxygen atoms in total. The van der Waals surface area contributed by atoms with Crippen LogP contribution in [0.25, 0.3) is 0 Å². The second kappa shape index (κ2) is 43.8. The Labute approximate surface area is 397 Å². The molecule has 1 aromatic carbocycles. The predicted octanol–water partition coefficient (Wildman–Crippen LogP) is 13.1. The van der Waals surface area contributed by atoms with Gasteiger partial charge in [-0.1, -0.05) is 211 Å². The van der Waals surface area contributed by atoms with Gasteiger partial charge in [-0.25, -0.2) is 18.0 Å². The van der Waals surface area contributed by atoms with Crippen molar-refractivity contribution < 1.29 is 61.6 Å². The van der Waals surface area contributed by atoms with Crippen molar-refractivity contribution in [2.24, 2.45) is 0 Å². The van der Waals surface area contributed by atoms with Crippen LogP contribution in [0.2, 0.25) is 0 Å². The number of esters is 2. The number of hydrogen-bond donors (Lipinski definition) is 0. The molecule has 0 N–H and O–H groups in total. The molecule has 0 aliphatic heterocycles. The molecule has 0 saturated heterocycles. The van der Waals surface area contributed by atoms with E-state index in [1.807, 2.05) is 0 Å². The van der Waals surface area contributed by atoms with Crippen LogP contribution >= 0.6 is 0 Å². The Kier molecular flexibility index (Phi) is 42.7. The molecule has 61 heavy (non-hydrogen) atoms. The van der Waals surface area contributed by atoms with Crippen molar-refractivity contribution in [1.82, 2.24) is 0 Å². The molecule has 0 radical (unpaired) electrons. The summed E-state index contributed by atoms with van der Waals surface area (Å²) in [5, 5.41) is 0. The summed E-state index contributed by atoms with van der Waals surface area (Å²) in [6.07, 6.45) is 53.3. The van der Waals surface area contributed by atoms with Gasteiger partial charge < -0.3 is 14.0 Å². The second-order valence-electron chi connectivity index (χ2n) is 17.1. The molecule has 9 heteroatoms. The van der Waals surface area contributed by atoms with Crippen LogP contribution in [-0.4, -0.2) is 38.1 Å². The van der Waals surface area contributed by atoms with Gasteiger partial charge in [0, 0.05) is 0 Å². The summed E-state index contributed by atoms with van der Waals surface area (Å²) in [6.45, 7) is 4.76. The third-order valence-corrected chi connectivity index (χ3v) is 12.4. The number of benzene rings is 1. The number of unbranched alkanes of at least 4 members (excludes halogenated alkanes) is 32. The van der Waals surface area contributed by atoms with E-state index in [0.717, 1.165) is 76.7 Å². The van der Waals surface area contributed by atoms with Crippen molar-refractivity contribution >= 4 is 22.1 Å². The van der Waals surface area contributed by atoms with E-state index in [4.69, 9.17) is 9.47 Å². The van der Waals surface area contributed by atoms with Crippen molar-refractivity contribution in [3.63, 3.8) is 0 Å². The second-order valence-corrected chi connectivity index (χ2v) is 18.5. The molecule has 0 heterocycles. The Morgan fingerprint density at radius 3 is 1.08 bits per heavy atom. The van der Waals surface area contributed by atoms with E-state index in [2.05, 4.69) is 38.2 Å². The zero-order chi connectivity index (χ0) is 43.6. The number of rotatable bonds is 43. The maximum Gasteiger partial charge on any atom is 1.00 e. The van der Waals surface area contributed by atoms with Crippen molar-refractivity contribution in [1.29, 1.82) is 0 Å². The van der Waals surface area contributed by atoms with Crippen molar-refractivity contribution in [3.05, 3.63) is 53.6 Å². The molecule has 0 aliphatic carbocycles. The molecule has 0 unspecified atom stereocenters. The van der Waals surface area contributed by atoms with E-state index in [1.54, 1.807) is 0 Å². The number of hydrogen-bond acceptors (Lipinski definition) is 7. The molecular formula is C52H89NaO7S. The minimum atomic E-state index is -5.02. The van der Waals surface area contributed by atoms with Gasteiger partial charge in [-0.05, 0) is 76.3 Å². The number of carbonyl (C=O) groups is 2. The Morgan fingerprint density at radius 2 is 0.754 bits per heavy atom. The summed E-state index contributed by atoms with van der Waals surface area (Å²) in [4.78, 5) is 25.3. The smallest absolute Gasteiger partial charge is 0.744 e. The minimum Gasteiger partial charge on any atom is -0.744 e. The number of carbonyl (C=O) groups excluding carboxylic acids is 2. The molecule has 346 valence electrons. The molecule has 0 atom stereocenters. The summed E-state index contributed by atoms with van der Waals surface area (Å²) < 4.78 is 46.9. The minimum absolute atomic E-state index is 0. The predicted molar refractivity (Wildman–Crippen MR) is 251 cm³/mol. The van der Waals surface area contributed by atoms with Crippen molar-refractivity contribution in [3.8, 4) is 0 Å². The fourth-order valence-corrected chi connectivity index (χ4v) is 8.40. The summed E-state index contributed by atoms with van der Waals surface area (Å²) in [7, 11) is -5.02. The van der Waals surface area contributed by atoms with Gasteiger partial charge in [-0.15, -0.1) is 0 Å². The van der Waals surface area contributed by atoms with Crippen LogP contribution in [0, 0.1) is 0 Å². The fraction of sp³-hybridized carbons (Fsp3) is 0.769. The molecule has 0 fully saturated rings. The van der Waals surface area contributed by atoms with Gasteiger partial charge in [0.25, 0.3) is 0 Å². The Bertz CT molecular complexity index is 1340. The SMILES string of the molecule is CCCCCCCCCCCCC/C=C/CCCCCCCOC(=O)c1cccc(S(=O)(=O)[O-])c1C(=O)OCCCCCCC/C=C/CCCCCCCCCCCCC.[Na+]. The van der Waals surface area contributed by atoms with Crippen LogP contribution in [0.1, 0.15) is 266 Å². The normalized spacial score (nSPS) is 11.7. The molecule has 0 aromatic heterocycles. The maximum atomic E-state index is 13.1. The zero-order valence-electron chi connectivity index (χ0n) is 39.7. The van der Waals surface area contributed by atoms with E-state index >= 15 is 0 Å². The Balaban J connectivity index is 0.0000360. The molecule has 0 bridgehead atoms. The van der Waals surface area contributed by atoms with Crippen molar-refractivity contribution in [2.75, 3.05) is 13.2 Å². The van der Waals surface area contributed by atoms with Gasteiger partial charge in [0.05, 0.1) is 29.2 Å². The van der Waals surface area contributed by atoms with Crippen molar-refractivity contribution in [2.45, 2.75) is 250 Å². The molecule has 1 rings (SSSR count). The molecular weight excluding hydrogens is 792 g/mol. The zero-order valence-corrected chi connectivity index (χ0v) is 42.5. The van der Waals surface area contributed by atoms with E-state index < -0.39 is 32.5 Å². The monoisotopic (exact) mass is 881 g/mol. The van der Waals surface area contributed by atoms with E-state index in [0.29, 0.717) is 12.8 Å². The van der Waals surface area contributed by atoms with Crippen LogP contribution in [0.5, 0.6) is 0 Å². The van der Waals surface area contributed by atoms with E-state index in [-0.39, 0.29) is 48.3 Å². The van der Waals surface area contributed by atoms with Gasteiger partial charge >= 0.3 is 41.5 Å². The van der Waals surface area contributed by atoms with Crippen LogP contribution in [0.3, 0.4) is 0 Å². The number of allylic oxidation sites excluding steroid dienone is 4. The molecule has 0 saturated carbocycles. The molecule has 0 amide bonds. The van der Waals surface area contributed by atoms with Crippen LogP contribution < -0.4 is 29.6 Å². The molecule has 1 aromatic rings. The van der Waals surface area contributed by atoms with Gasteiger partial charge in [0.2, 0.25) is 0 Å². The first-order chi connectivity index (χ1) is 29.3. The topological polar surface area (TPSA) is 110 Å². The maximum absolute atomic E-state index is 13.1. The van der Waals surface area contributed by atoms with Crippen LogP contribution in [0.4, 0.5) is 0 Å². The number of ether oxygens (including phenoxy) is 2. The Hall–Kier alpha value is -1.45. The quantitative estimate of drug-likeness (QED) is 0.0211. The largest absolute Gasteiger partial charge is 1.00 e. The van der Waals surface area contributed by atoms with E-state index in [9.17, 15) is 22.6 Å². The average Bonchev–Trinajstić information content (AvgIpc) is 3.24. The molecule has 0 spiro atoms. The van der Waals surface area contributed by atoms with Gasteiger partial charge in [-0.2, -0.15) is 0 Å². The summed E-state index contributed by atoms with van der Waals surface area (Å²) in [5.74, 6) is -1.82. The summed E-state index contributed by atoms with van der Waals surface area (Å²) in [6, 6.07) is 3.62. The Morgan fingerprint density at radius 1 is 0.459 bits per heavy atom.